The molecule has 0 spiro atoms. The summed E-state index contributed by atoms with van der Waals surface area (Å²) in [6, 6.07) is 17.1. The fourth-order valence-electron chi connectivity index (χ4n) is 4.83. The Hall–Kier alpha value is -1.81. The van der Waals surface area contributed by atoms with E-state index in [1.54, 1.807) is 0 Å². The molecular formula is C28H35Cl2NO2. The molecule has 5 heteroatoms. The summed E-state index contributed by atoms with van der Waals surface area (Å²) < 4.78 is 0. The highest BCUT2D eigenvalue weighted by Crippen LogP contribution is 2.46. The Bertz CT molecular complexity index is 913. The van der Waals surface area contributed by atoms with E-state index in [4.69, 9.17) is 23.2 Å². The molecule has 1 amide bonds. The highest BCUT2D eigenvalue weighted by atomic mass is 35.5. The van der Waals surface area contributed by atoms with E-state index in [2.05, 4.69) is 13.5 Å². The zero-order valence-electron chi connectivity index (χ0n) is 19.6. The Morgan fingerprint density at radius 2 is 1.70 bits per heavy atom. The SMILES string of the molecule is C=CC[C@@]1(C)CCC(c2ccc(Cl)cc2)N(C(CC)C(O)C2CC2)C1=O.Clc1ccccc1. The minimum atomic E-state index is -0.440. The second-order valence-corrected chi connectivity index (χ2v) is 10.3. The van der Waals surface area contributed by atoms with E-state index >= 15 is 0 Å². The number of allylic oxidation sites excluding steroid dienone is 1. The van der Waals surface area contributed by atoms with Crippen molar-refractivity contribution in [1.29, 1.82) is 0 Å². The standard InChI is InChI=1S/C22H30ClNO2.C6H5Cl/c1-4-13-22(3)14-12-19(15-8-10-17(23)11-9-15)24(21(22)26)18(5-2)20(25)16-6-7-16;7-6-4-2-1-3-5-6/h4,8-11,16,18-20,25H,1,5-7,12-14H2,2-3H3;1-5H/t18?,19?,20?,22-;/m0./s1. The number of benzene rings is 2. The molecule has 1 saturated carbocycles. The van der Waals surface area contributed by atoms with Crippen molar-refractivity contribution in [2.45, 2.75) is 70.6 Å². The normalized spacial score (nSPS) is 24.5. The van der Waals surface area contributed by atoms with Gasteiger partial charge in [0.25, 0.3) is 0 Å². The van der Waals surface area contributed by atoms with Gasteiger partial charge in [-0.05, 0) is 74.3 Å². The number of hydrogen-bond acceptors (Lipinski definition) is 2. The summed E-state index contributed by atoms with van der Waals surface area (Å²) in [4.78, 5) is 15.6. The monoisotopic (exact) mass is 487 g/mol. The lowest BCUT2D eigenvalue weighted by atomic mass is 9.74. The van der Waals surface area contributed by atoms with E-state index in [0.29, 0.717) is 17.4 Å². The average molecular weight is 488 g/mol. The van der Waals surface area contributed by atoms with Crippen LogP contribution in [-0.4, -0.2) is 28.1 Å². The van der Waals surface area contributed by atoms with E-state index in [0.717, 1.165) is 42.7 Å². The van der Waals surface area contributed by atoms with Crippen LogP contribution in [0.4, 0.5) is 0 Å². The van der Waals surface area contributed by atoms with E-state index in [-0.39, 0.29) is 18.0 Å². The third kappa shape index (κ3) is 6.41. The number of carbonyl (C=O) groups excluding carboxylic acids is 1. The molecule has 2 aromatic carbocycles. The molecule has 2 aromatic rings. The molecule has 0 radical (unpaired) electrons. The van der Waals surface area contributed by atoms with Crippen LogP contribution in [0, 0.1) is 11.3 Å². The molecule has 178 valence electrons. The first-order valence-corrected chi connectivity index (χ1v) is 12.6. The van der Waals surface area contributed by atoms with Crippen LogP contribution in [0.3, 0.4) is 0 Å². The molecule has 3 unspecified atom stereocenters. The molecule has 2 fully saturated rings. The van der Waals surface area contributed by atoms with Gasteiger partial charge in [-0.2, -0.15) is 0 Å². The van der Waals surface area contributed by atoms with Crippen molar-refractivity contribution in [2.75, 3.05) is 0 Å². The Balaban J connectivity index is 0.000000374. The number of carbonyl (C=O) groups is 1. The summed E-state index contributed by atoms with van der Waals surface area (Å²) in [6.45, 7) is 7.96. The van der Waals surface area contributed by atoms with Gasteiger partial charge in [0.1, 0.15) is 0 Å². The van der Waals surface area contributed by atoms with Crippen LogP contribution in [0.25, 0.3) is 0 Å². The third-order valence-electron chi connectivity index (χ3n) is 6.91. The van der Waals surface area contributed by atoms with Crippen molar-refractivity contribution in [3.63, 3.8) is 0 Å². The Morgan fingerprint density at radius 3 is 2.18 bits per heavy atom. The summed E-state index contributed by atoms with van der Waals surface area (Å²) in [7, 11) is 0. The number of nitrogens with zero attached hydrogens (tertiary/aromatic N) is 1. The second-order valence-electron chi connectivity index (χ2n) is 9.47. The molecule has 3 nitrogen and oxygen atoms in total. The molecule has 1 aliphatic carbocycles. The largest absolute Gasteiger partial charge is 0.391 e. The van der Waals surface area contributed by atoms with Crippen molar-refractivity contribution in [3.05, 3.63) is 82.9 Å². The van der Waals surface area contributed by atoms with Gasteiger partial charge in [0.2, 0.25) is 5.91 Å². The highest BCUT2D eigenvalue weighted by molar-refractivity contribution is 6.30. The molecular weight excluding hydrogens is 453 g/mol. The van der Waals surface area contributed by atoms with Gasteiger partial charge in [-0.15, -0.1) is 6.58 Å². The van der Waals surface area contributed by atoms with Crippen LogP contribution < -0.4 is 0 Å². The smallest absolute Gasteiger partial charge is 0.229 e. The molecule has 1 saturated heterocycles. The molecule has 4 rings (SSSR count). The fourth-order valence-corrected chi connectivity index (χ4v) is 5.10. The fraction of sp³-hybridized carbons (Fsp3) is 0.464. The zero-order chi connectivity index (χ0) is 24.0. The minimum Gasteiger partial charge on any atom is -0.391 e. The molecule has 1 heterocycles. The van der Waals surface area contributed by atoms with Crippen molar-refractivity contribution in [1.82, 2.24) is 4.90 Å². The lowest BCUT2D eigenvalue weighted by Crippen LogP contribution is -2.56. The number of likely N-dealkylation sites (tertiary alicyclic amines) is 1. The first kappa shape index (κ1) is 25.8. The maximum atomic E-state index is 13.6. The summed E-state index contributed by atoms with van der Waals surface area (Å²) in [5.41, 5.74) is 0.673. The third-order valence-corrected chi connectivity index (χ3v) is 7.42. The van der Waals surface area contributed by atoms with Crippen LogP contribution in [0.2, 0.25) is 10.0 Å². The van der Waals surface area contributed by atoms with Gasteiger partial charge in [0.15, 0.2) is 0 Å². The zero-order valence-corrected chi connectivity index (χ0v) is 21.1. The average Bonchev–Trinajstić information content (AvgIpc) is 3.65. The number of halogens is 2. The predicted molar refractivity (Wildman–Crippen MR) is 137 cm³/mol. The van der Waals surface area contributed by atoms with E-state index < -0.39 is 11.5 Å². The summed E-state index contributed by atoms with van der Waals surface area (Å²) in [6.07, 6.45) is 6.69. The van der Waals surface area contributed by atoms with E-state index in [1.807, 2.05) is 72.5 Å². The predicted octanol–water partition coefficient (Wildman–Crippen LogP) is 7.48. The molecule has 0 aromatic heterocycles. The quantitative estimate of drug-likeness (QED) is 0.411. The van der Waals surface area contributed by atoms with E-state index in [1.165, 1.54) is 0 Å². The van der Waals surface area contributed by atoms with Gasteiger partial charge in [-0.3, -0.25) is 4.79 Å². The van der Waals surface area contributed by atoms with Gasteiger partial charge < -0.3 is 10.0 Å². The maximum absolute atomic E-state index is 13.6. The molecule has 0 bridgehead atoms. The number of aliphatic hydroxyl groups is 1. The topological polar surface area (TPSA) is 40.5 Å². The van der Waals surface area contributed by atoms with Gasteiger partial charge in [-0.25, -0.2) is 0 Å². The Labute approximate surface area is 208 Å². The van der Waals surface area contributed by atoms with Crippen molar-refractivity contribution < 1.29 is 9.90 Å². The lowest BCUT2D eigenvalue weighted by molar-refractivity contribution is -0.157. The van der Waals surface area contributed by atoms with E-state index in [9.17, 15) is 9.90 Å². The molecule has 1 N–H and O–H groups in total. The summed E-state index contributed by atoms with van der Waals surface area (Å²) >= 11 is 11.6. The lowest BCUT2D eigenvalue weighted by Gasteiger charge is -2.49. The summed E-state index contributed by atoms with van der Waals surface area (Å²) in [5, 5.41) is 12.4. The second kappa shape index (κ2) is 11.6. The number of rotatable bonds is 7. The van der Waals surface area contributed by atoms with Gasteiger partial charge in [-0.1, -0.05) is 73.5 Å². The van der Waals surface area contributed by atoms with Crippen molar-refractivity contribution in [3.8, 4) is 0 Å². The number of hydrogen-bond donors (Lipinski definition) is 1. The number of aliphatic hydroxyl groups excluding tert-OH is 1. The number of piperidine rings is 1. The van der Waals surface area contributed by atoms with Gasteiger partial charge >= 0.3 is 0 Å². The molecule has 33 heavy (non-hydrogen) atoms. The van der Waals surface area contributed by atoms with Crippen LogP contribution in [-0.2, 0) is 4.79 Å². The highest BCUT2D eigenvalue weighted by Gasteiger charge is 2.49. The first-order chi connectivity index (χ1) is 15.8. The first-order valence-electron chi connectivity index (χ1n) is 11.9. The van der Waals surface area contributed by atoms with Crippen molar-refractivity contribution in [2.24, 2.45) is 11.3 Å². The maximum Gasteiger partial charge on any atom is 0.229 e. The molecule has 2 aliphatic rings. The van der Waals surface area contributed by atoms with Crippen LogP contribution in [0.5, 0.6) is 0 Å². The molecule has 1 aliphatic heterocycles. The van der Waals surface area contributed by atoms with Crippen LogP contribution in [0.1, 0.15) is 64.0 Å². The van der Waals surface area contributed by atoms with Gasteiger partial charge in [0.05, 0.1) is 23.6 Å². The summed E-state index contributed by atoms with van der Waals surface area (Å²) in [5.74, 6) is 0.487. The van der Waals surface area contributed by atoms with Crippen molar-refractivity contribution >= 4 is 29.1 Å². The number of amides is 1. The Kier molecular flexibility index (Phi) is 9.03. The minimum absolute atomic E-state index is 0.00370. The van der Waals surface area contributed by atoms with Crippen LogP contribution >= 0.6 is 23.2 Å². The Morgan fingerprint density at radius 1 is 1.09 bits per heavy atom. The van der Waals surface area contributed by atoms with Gasteiger partial charge in [0, 0.05) is 10.0 Å². The van der Waals surface area contributed by atoms with Crippen LogP contribution in [0.15, 0.2) is 67.3 Å². The molecule has 4 atom stereocenters.